The van der Waals surface area contributed by atoms with Gasteiger partial charge in [0, 0.05) is 6.42 Å². The van der Waals surface area contributed by atoms with Gasteiger partial charge in [-0.25, -0.2) is 9.55 Å². The van der Waals surface area contributed by atoms with Crippen molar-refractivity contribution >= 4 is 30.7 Å². The number of nitrogens with one attached hydrogen (secondary N) is 1. The first-order chi connectivity index (χ1) is 24.2. The second kappa shape index (κ2) is 17.8. The zero-order chi connectivity index (χ0) is 35.5. The van der Waals surface area contributed by atoms with Gasteiger partial charge >= 0.3 is 19.8 Å². The van der Waals surface area contributed by atoms with Gasteiger partial charge in [0.15, 0.2) is 17.0 Å². The van der Waals surface area contributed by atoms with Gasteiger partial charge in [0.05, 0.1) is 25.6 Å². The van der Waals surface area contributed by atoms with E-state index in [2.05, 4.69) is 33.9 Å². The van der Waals surface area contributed by atoms with Gasteiger partial charge in [0.1, 0.15) is 24.1 Å². The fourth-order valence-corrected chi connectivity index (χ4v) is 7.36. The number of hydrogen-bond acceptors (Lipinski definition) is 11. The summed E-state index contributed by atoms with van der Waals surface area (Å²) in [5, 5.41) is 13.8. The van der Waals surface area contributed by atoms with Crippen LogP contribution in [0.4, 0.5) is 10.2 Å². The van der Waals surface area contributed by atoms with Crippen molar-refractivity contribution in [2.45, 2.75) is 89.7 Å². The van der Waals surface area contributed by atoms with Crippen LogP contribution in [0, 0.1) is 12.0 Å². The fourth-order valence-electron chi connectivity index (χ4n) is 5.86. The number of nitrogen functional groups attached to an aromatic ring is 1. The molecule has 13 nitrogen and oxygen atoms in total. The van der Waals surface area contributed by atoms with E-state index in [-0.39, 0.29) is 54.7 Å². The Balaban J connectivity index is 1.34. The molecule has 0 amide bonds. The number of benzene rings is 2. The quantitative estimate of drug-likeness (QED) is 0.0577. The lowest BCUT2D eigenvalue weighted by Gasteiger charge is -2.27. The number of ether oxygens (including phenoxy) is 2. The smallest absolute Gasteiger partial charge is 0.459 e. The summed E-state index contributed by atoms with van der Waals surface area (Å²) in [4.78, 5) is 25.2. The molecule has 0 radical (unpaired) electrons. The van der Waals surface area contributed by atoms with E-state index in [1.807, 2.05) is 30.3 Å². The number of aromatic nitrogens is 4. The third kappa shape index (κ3) is 10.1. The van der Waals surface area contributed by atoms with E-state index < -0.39 is 44.3 Å². The molecule has 3 heterocycles. The van der Waals surface area contributed by atoms with Crippen molar-refractivity contribution in [2.75, 3.05) is 18.9 Å². The Labute approximate surface area is 291 Å². The van der Waals surface area contributed by atoms with Crippen LogP contribution in [-0.4, -0.2) is 62.1 Å². The third-order valence-corrected chi connectivity index (χ3v) is 10.2. The number of unbranched alkanes of at least 4 members (excludes halogenated alkanes) is 2. The molecule has 270 valence electrons. The first kappa shape index (κ1) is 37.3. The van der Waals surface area contributed by atoms with Crippen LogP contribution in [-0.2, 0) is 29.8 Å². The number of aliphatic hydroxyl groups is 1. The number of nitrogens with two attached hydrogens (primary N) is 1. The van der Waals surface area contributed by atoms with Gasteiger partial charge in [-0.2, -0.15) is 19.4 Å². The molecule has 0 unspecified atom stereocenters. The summed E-state index contributed by atoms with van der Waals surface area (Å²) in [5.41, 5.74) is 6.90. The molecule has 0 spiro atoms. The highest BCUT2D eigenvalue weighted by Gasteiger charge is 2.40. The summed E-state index contributed by atoms with van der Waals surface area (Å²) in [6.07, 6.45) is 3.79. The van der Waals surface area contributed by atoms with Gasteiger partial charge in [-0.3, -0.25) is 13.9 Å². The number of imidazole rings is 1. The molecule has 15 heteroatoms. The van der Waals surface area contributed by atoms with Crippen molar-refractivity contribution in [3.8, 4) is 5.75 Å². The number of nitrogens with zero attached hydrogens (tertiary/aromatic N) is 4. The molecule has 5 atom stereocenters. The Kier molecular flexibility index (Phi) is 13.3. The predicted octanol–water partition coefficient (Wildman–Crippen LogP) is 6.14. The average molecular weight is 713 g/mol. The minimum absolute atomic E-state index is 0.0719. The maximum atomic E-state index is 14.5. The number of para-hydroxylation sites is 1. The van der Waals surface area contributed by atoms with Crippen LogP contribution in [0.15, 0.2) is 67.0 Å². The summed E-state index contributed by atoms with van der Waals surface area (Å²) < 4.78 is 53.7. The Morgan fingerprint density at radius 1 is 1.10 bits per heavy atom. The molecule has 0 bridgehead atoms. The minimum atomic E-state index is -4.33. The van der Waals surface area contributed by atoms with Crippen LogP contribution in [0.5, 0.6) is 5.75 Å². The van der Waals surface area contributed by atoms with E-state index >= 15 is 0 Å². The molecular weight excluding hydrogens is 666 g/mol. The molecule has 50 heavy (non-hydrogen) atoms. The Hall–Kier alpha value is -3.94. The van der Waals surface area contributed by atoms with Gasteiger partial charge in [-0.1, -0.05) is 88.1 Å². The third-order valence-electron chi connectivity index (χ3n) is 8.59. The largest absolute Gasteiger partial charge is 0.464 e. The minimum Gasteiger partial charge on any atom is -0.464 e. The number of carbonyl (C=O) groups is 1. The molecule has 0 saturated carbocycles. The Bertz CT molecular complexity index is 1710. The van der Waals surface area contributed by atoms with Crippen LogP contribution >= 0.6 is 7.75 Å². The lowest BCUT2D eigenvalue weighted by molar-refractivity contribution is -0.147. The van der Waals surface area contributed by atoms with Gasteiger partial charge in [-0.05, 0) is 42.9 Å². The SMILES string of the molecule is CCCCC(CCCC)COC(=O)[C@H](Cc1ccccc1)N[P@](=O)(OC[C@H]1O[C@@H](n2cnc3c(N)nc(F)nc32)C[C@@H]1O)Oc1ccccc1. The second-order valence-corrected chi connectivity index (χ2v) is 14.2. The van der Waals surface area contributed by atoms with E-state index in [1.165, 1.54) is 10.9 Å². The van der Waals surface area contributed by atoms with E-state index in [1.54, 1.807) is 30.3 Å². The highest BCUT2D eigenvalue weighted by molar-refractivity contribution is 7.52. The van der Waals surface area contributed by atoms with Crippen LogP contribution in [0.2, 0.25) is 0 Å². The zero-order valence-electron chi connectivity index (χ0n) is 28.4. The molecule has 5 rings (SSSR count). The van der Waals surface area contributed by atoms with Crippen LogP contribution in [0.3, 0.4) is 0 Å². The summed E-state index contributed by atoms with van der Waals surface area (Å²) in [7, 11) is -4.33. The molecule has 2 aromatic carbocycles. The number of rotatable bonds is 19. The van der Waals surface area contributed by atoms with Crippen LogP contribution in [0.1, 0.15) is 70.6 Å². The normalized spacial score (nSPS) is 19.4. The Morgan fingerprint density at radius 2 is 1.78 bits per heavy atom. The van der Waals surface area contributed by atoms with Gasteiger partial charge in [0.25, 0.3) is 0 Å². The van der Waals surface area contributed by atoms with Crippen molar-refractivity contribution in [1.29, 1.82) is 0 Å². The van der Waals surface area contributed by atoms with E-state index in [4.69, 9.17) is 24.3 Å². The van der Waals surface area contributed by atoms with Gasteiger partial charge in [-0.15, -0.1) is 0 Å². The maximum Gasteiger partial charge on any atom is 0.459 e. The molecule has 1 aliphatic heterocycles. The van der Waals surface area contributed by atoms with Crippen molar-refractivity contribution < 1.29 is 37.4 Å². The average Bonchev–Trinajstić information content (AvgIpc) is 3.70. The predicted molar refractivity (Wildman–Crippen MR) is 185 cm³/mol. The highest BCUT2D eigenvalue weighted by atomic mass is 31.2. The number of fused-ring (bicyclic) bond motifs is 1. The summed E-state index contributed by atoms with van der Waals surface area (Å²) in [5.74, 6) is -0.245. The molecule has 1 fully saturated rings. The topological polar surface area (TPSA) is 173 Å². The lowest BCUT2D eigenvalue weighted by atomic mass is 9.97. The zero-order valence-corrected chi connectivity index (χ0v) is 29.3. The standard InChI is InChI=1S/C35H46FN6O7P/c1-3-5-13-25(14-6-4-2)21-46-34(44)27(19-24-15-9-7-10-16-24)41-50(45,49-26-17-11-8-12-18-26)47-22-29-28(43)20-30(48-29)42-23-38-31-32(37)39-35(36)40-33(31)42/h7-12,15-18,23,25,27-30,43H,3-6,13-14,19-22H2,1-2H3,(H,41,45)(H2,37,39,40)/t27-,28-,29+,30+,50-/m0/s1. The van der Waals surface area contributed by atoms with Crippen molar-refractivity contribution in [3.05, 3.63) is 78.6 Å². The summed E-state index contributed by atoms with van der Waals surface area (Å²) in [6.45, 7) is 4.14. The number of hydrogen-bond donors (Lipinski definition) is 3. The first-order valence-electron chi connectivity index (χ1n) is 17.1. The molecule has 1 saturated heterocycles. The summed E-state index contributed by atoms with van der Waals surface area (Å²) in [6, 6.07) is 16.6. The molecule has 1 aliphatic rings. The van der Waals surface area contributed by atoms with Gasteiger partial charge < -0.3 is 24.8 Å². The molecule has 4 N–H and O–H groups in total. The van der Waals surface area contributed by atoms with E-state index in [0.717, 1.165) is 44.1 Å². The molecule has 4 aromatic rings. The first-order valence-corrected chi connectivity index (χ1v) is 18.7. The Morgan fingerprint density at radius 3 is 2.46 bits per heavy atom. The van der Waals surface area contributed by atoms with E-state index in [9.17, 15) is 18.9 Å². The fraction of sp³-hybridized carbons (Fsp3) is 0.486. The summed E-state index contributed by atoms with van der Waals surface area (Å²) >= 11 is 0. The lowest BCUT2D eigenvalue weighted by Crippen LogP contribution is -2.40. The highest BCUT2D eigenvalue weighted by Crippen LogP contribution is 2.46. The van der Waals surface area contributed by atoms with Crippen molar-refractivity contribution in [3.63, 3.8) is 0 Å². The number of anilines is 1. The molecular formula is C35H46FN6O7P. The van der Waals surface area contributed by atoms with Gasteiger partial charge in [0.2, 0.25) is 0 Å². The molecule has 2 aromatic heterocycles. The second-order valence-electron chi connectivity index (χ2n) is 12.5. The number of halogens is 1. The number of esters is 1. The van der Waals surface area contributed by atoms with Crippen molar-refractivity contribution in [1.82, 2.24) is 24.6 Å². The number of carbonyl (C=O) groups excluding carboxylic acids is 1. The van der Waals surface area contributed by atoms with Crippen molar-refractivity contribution in [2.24, 2.45) is 5.92 Å². The number of aliphatic hydroxyl groups excluding tert-OH is 1. The van der Waals surface area contributed by atoms with E-state index in [0.29, 0.717) is 0 Å². The van der Waals surface area contributed by atoms with Crippen LogP contribution < -0.4 is 15.3 Å². The molecule has 0 aliphatic carbocycles. The maximum absolute atomic E-state index is 14.5. The van der Waals surface area contributed by atoms with Crippen LogP contribution in [0.25, 0.3) is 11.2 Å². The monoisotopic (exact) mass is 712 g/mol.